The van der Waals surface area contributed by atoms with E-state index in [-0.39, 0.29) is 35.6 Å². The maximum atomic E-state index is 14.5. The van der Waals surface area contributed by atoms with Gasteiger partial charge in [-0.2, -0.15) is 0 Å². The van der Waals surface area contributed by atoms with E-state index >= 15 is 0 Å². The molecular formula is C34H24O3. The number of benzene rings is 4. The summed E-state index contributed by atoms with van der Waals surface area (Å²) in [7, 11) is 0. The SMILES string of the molecule is Cc1ccc(C)c2c1[C@@H]1c3ccccc3[C@H]2[C@]23C(=O)OC(=O)[C@]12C1c2ccccc2C3c2ccccc21. The van der Waals surface area contributed by atoms with Crippen molar-refractivity contribution in [2.45, 2.75) is 37.5 Å². The molecule has 0 N–H and O–H groups in total. The lowest BCUT2D eigenvalue weighted by molar-refractivity contribution is -0.156. The Kier molecular flexibility index (Phi) is 3.32. The van der Waals surface area contributed by atoms with Crippen LogP contribution in [0.2, 0.25) is 0 Å². The molecule has 6 aliphatic carbocycles. The second kappa shape index (κ2) is 6.11. The first-order chi connectivity index (χ1) is 18.0. The maximum Gasteiger partial charge on any atom is 0.322 e. The molecule has 4 atom stereocenters. The quantitative estimate of drug-likeness (QED) is 0.221. The van der Waals surface area contributed by atoms with Crippen molar-refractivity contribution in [2.24, 2.45) is 10.8 Å². The van der Waals surface area contributed by atoms with Gasteiger partial charge in [-0.15, -0.1) is 0 Å². The molecule has 1 heterocycles. The fourth-order valence-corrected chi connectivity index (χ4v) is 9.65. The van der Waals surface area contributed by atoms with Gasteiger partial charge in [-0.1, -0.05) is 84.9 Å². The fraction of sp³-hybridized carbons (Fsp3) is 0.235. The van der Waals surface area contributed by atoms with E-state index in [4.69, 9.17) is 4.74 Å². The van der Waals surface area contributed by atoms with Gasteiger partial charge in [-0.05, 0) is 69.5 Å². The zero-order valence-electron chi connectivity index (χ0n) is 20.6. The van der Waals surface area contributed by atoms with Crippen LogP contribution in [-0.2, 0) is 14.3 Å². The Balaban J connectivity index is 1.57. The average Bonchev–Trinajstić information content (AvgIpc) is 3.18. The van der Waals surface area contributed by atoms with Gasteiger partial charge >= 0.3 is 11.9 Å². The van der Waals surface area contributed by atoms with Gasteiger partial charge in [0.05, 0.1) is 0 Å². The van der Waals surface area contributed by atoms with Crippen LogP contribution in [0.1, 0.15) is 79.3 Å². The zero-order chi connectivity index (χ0) is 24.8. The van der Waals surface area contributed by atoms with Crippen molar-refractivity contribution < 1.29 is 14.3 Å². The Morgan fingerprint density at radius 1 is 0.486 bits per heavy atom. The first-order valence-corrected chi connectivity index (χ1v) is 13.2. The van der Waals surface area contributed by atoms with Crippen LogP contribution in [0.25, 0.3) is 0 Å². The average molecular weight is 481 g/mol. The third-order valence-electron chi connectivity index (χ3n) is 10.5. The van der Waals surface area contributed by atoms with Crippen molar-refractivity contribution in [3.8, 4) is 0 Å². The summed E-state index contributed by atoms with van der Waals surface area (Å²) in [5.74, 6) is -1.69. The van der Waals surface area contributed by atoms with Crippen LogP contribution in [0.4, 0.5) is 0 Å². The van der Waals surface area contributed by atoms with Gasteiger partial charge in [0, 0.05) is 23.7 Å². The van der Waals surface area contributed by atoms with Crippen LogP contribution in [-0.4, -0.2) is 11.9 Å². The molecule has 0 spiro atoms. The molecule has 4 aromatic rings. The first kappa shape index (κ1) is 20.1. The van der Waals surface area contributed by atoms with Gasteiger partial charge in [0.25, 0.3) is 0 Å². The lowest BCUT2D eigenvalue weighted by Gasteiger charge is -2.68. The summed E-state index contributed by atoms with van der Waals surface area (Å²) >= 11 is 0. The van der Waals surface area contributed by atoms with Crippen molar-refractivity contribution in [1.82, 2.24) is 0 Å². The summed E-state index contributed by atoms with van der Waals surface area (Å²) in [6.45, 7) is 4.32. The largest absolute Gasteiger partial charge is 0.392 e. The van der Waals surface area contributed by atoms with Gasteiger partial charge < -0.3 is 4.74 Å². The van der Waals surface area contributed by atoms with E-state index in [1.54, 1.807) is 0 Å². The molecule has 0 radical (unpaired) electrons. The van der Waals surface area contributed by atoms with Crippen molar-refractivity contribution in [1.29, 1.82) is 0 Å². The van der Waals surface area contributed by atoms with Crippen molar-refractivity contribution >= 4 is 11.9 Å². The minimum Gasteiger partial charge on any atom is -0.392 e. The molecule has 4 bridgehead atoms. The monoisotopic (exact) mass is 480 g/mol. The van der Waals surface area contributed by atoms with E-state index in [2.05, 4.69) is 98.8 Å². The standard InChI is InChI=1S/C34H24O3/c1-17-15-16-18(2)26-25(17)29-23-13-7-8-14-24(23)30(26)34-28-21-11-5-3-9-19(21)27(20-10-4-6-12-22(20)28)33(29,34)31(35)37-32(34)36/h3-16,27-30H,1-2H3/t27?,28?,29-,30+,33-,34+. The van der Waals surface area contributed by atoms with Gasteiger partial charge in [0.1, 0.15) is 10.8 Å². The predicted molar refractivity (Wildman–Crippen MR) is 139 cm³/mol. The highest BCUT2D eigenvalue weighted by Gasteiger charge is 2.87. The Labute approximate surface area is 215 Å². The van der Waals surface area contributed by atoms with Gasteiger partial charge in [0.15, 0.2) is 0 Å². The van der Waals surface area contributed by atoms with Gasteiger partial charge in [-0.3, -0.25) is 9.59 Å². The Bertz CT molecular complexity index is 1590. The Morgan fingerprint density at radius 2 is 0.784 bits per heavy atom. The van der Waals surface area contributed by atoms with Crippen molar-refractivity contribution in [3.05, 3.63) is 141 Å². The highest BCUT2D eigenvalue weighted by atomic mass is 16.6. The van der Waals surface area contributed by atoms with Crippen molar-refractivity contribution in [3.63, 3.8) is 0 Å². The number of ether oxygens (including phenoxy) is 1. The van der Waals surface area contributed by atoms with Gasteiger partial charge in [-0.25, -0.2) is 0 Å². The highest BCUT2D eigenvalue weighted by Crippen LogP contribution is 2.85. The Morgan fingerprint density at radius 3 is 1.11 bits per heavy atom. The summed E-state index contributed by atoms with van der Waals surface area (Å²) < 4.78 is 5.93. The molecule has 3 nitrogen and oxygen atoms in total. The molecule has 37 heavy (non-hydrogen) atoms. The number of hydrogen-bond donors (Lipinski definition) is 0. The molecular weight excluding hydrogens is 456 g/mol. The van der Waals surface area contributed by atoms with Gasteiger partial charge in [0.2, 0.25) is 0 Å². The molecule has 7 aliphatic rings. The molecule has 4 aromatic carbocycles. The second-order valence-electron chi connectivity index (χ2n) is 11.6. The number of esters is 2. The zero-order valence-corrected chi connectivity index (χ0v) is 20.6. The van der Waals surface area contributed by atoms with Crippen LogP contribution < -0.4 is 0 Å². The van der Waals surface area contributed by atoms with E-state index in [0.717, 1.165) is 0 Å². The third kappa shape index (κ3) is 1.79. The lowest BCUT2D eigenvalue weighted by Crippen LogP contribution is -2.68. The number of carbonyl (C=O) groups is 2. The molecule has 0 unspecified atom stereocenters. The number of aryl methyl sites for hydroxylation is 2. The van der Waals surface area contributed by atoms with E-state index in [1.807, 2.05) is 0 Å². The smallest absolute Gasteiger partial charge is 0.322 e. The summed E-state index contributed by atoms with van der Waals surface area (Å²) in [5.41, 5.74) is 9.82. The molecule has 3 heteroatoms. The molecule has 11 rings (SSSR count). The number of carbonyl (C=O) groups excluding carboxylic acids is 2. The number of rotatable bonds is 0. The summed E-state index contributed by atoms with van der Waals surface area (Å²) in [4.78, 5) is 29.1. The molecule has 1 saturated heterocycles. The molecule has 178 valence electrons. The van der Waals surface area contributed by atoms with E-state index in [9.17, 15) is 9.59 Å². The molecule has 1 aliphatic heterocycles. The molecule has 0 saturated carbocycles. The van der Waals surface area contributed by atoms with Crippen LogP contribution in [0.5, 0.6) is 0 Å². The van der Waals surface area contributed by atoms with Crippen LogP contribution in [0, 0.1) is 24.7 Å². The van der Waals surface area contributed by atoms with Crippen LogP contribution in [0.3, 0.4) is 0 Å². The van der Waals surface area contributed by atoms with Crippen molar-refractivity contribution in [2.75, 3.05) is 0 Å². The number of hydrogen-bond acceptors (Lipinski definition) is 3. The lowest BCUT2D eigenvalue weighted by atomic mass is 9.29. The van der Waals surface area contributed by atoms with Crippen LogP contribution in [0.15, 0.2) is 84.9 Å². The second-order valence-corrected chi connectivity index (χ2v) is 11.6. The minimum absolute atomic E-state index is 0.252. The normalized spacial score (nSPS) is 32.6. The summed E-state index contributed by atoms with van der Waals surface area (Å²) in [6, 6.07) is 29.9. The summed E-state index contributed by atoms with van der Waals surface area (Å²) in [6.07, 6.45) is 0. The third-order valence-corrected chi connectivity index (χ3v) is 10.5. The Hall–Kier alpha value is -3.98. The highest BCUT2D eigenvalue weighted by molar-refractivity contribution is 6.09. The van der Waals surface area contributed by atoms with E-state index in [1.165, 1.54) is 55.6 Å². The molecule has 1 fully saturated rings. The predicted octanol–water partition coefficient (Wildman–Crippen LogP) is 6.24. The topological polar surface area (TPSA) is 43.4 Å². The summed E-state index contributed by atoms with van der Waals surface area (Å²) in [5, 5.41) is 0. The minimum atomic E-state index is -1.03. The number of cyclic esters (lactones) is 2. The fourth-order valence-electron chi connectivity index (χ4n) is 9.65. The van der Waals surface area contributed by atoms with Crippen LogP contribution >= 0.6 is 0 Å². The molecule has 0 aromatic heterocycles. The first-order valence-electron chi connectivity index (χ1n) is 13.2. The van der Waals surface area contributed by atoms with E-state index in [0.29, 0.717) is 0 Å². The molecule has 0 amide bonds. The maximum absolute atomic E-state index is 14.5. The van der Waals surface area contributed by atoms with E-state index < -0.39 is 10.8 Å².